The second kappa shape index (κ2) is 2.26. The molecule has 0 fully saturated rings. The van der Waals surface area contributed by atoms with Crippen molar-refractivity contribution in [2.24, 2.45) is 5.92 Å². The molecule has 1 heteroatoms. The Morgan fingerprint density at radius 2 is 2.33 bits per heavy atom. The molecule has 0 radical (unpaired) electrons. The molecule has 0 saturated heterocycles. The maximum absolute atomic E-state index is 5.29. The standard InChI is InChI=1S/C8H12O/c1-6(2)8-5-4-7(3)9-8/h5-6H,3-4H2,1-2H3. The lowest BCUT2D eigenvalue weighted by Crippen LogP contribution is -1.92. The number of hydrogen-bond acceptors (Lipinski definition) is 1. The fourth-order valence-corrected chi connectivity index (χ4v) is 0.818. The summed E-state index contributed by atoms with van der Waals surface area (Å²) in [5.41, 5.74) is 0. The summed E-state index contributed by atoms with van der Waals surface area (Å²) >= 11 is 0. The van der Waals surface area contributed by atoms with E-state index < -0.39 is 0 Å². The van der Waals surface area contributed by atoms with Crippen molar-refractivity contribution in [3.63, 3.8) is 0 Å². The maximum Gasteiger partial charge on any atom is 0.103 e. The van der Waals surface area contributed by atoms with Gasteiger partial charge in [-0.2, -0.15) is 0 Å². The van der Waals surface area contributed by atoms with Gasteiger partial charge >= 0.3 is 0 Å². The van der Waals surface area contributed by atoms with Gasteiger partial charge in [-0.3, -0.25) is 0 Å². The van der Waals surface area contributed by atoms with Crippen LogP contribution in [0.2, 0.25) is 0 Å². The van der Waals surface area contributed by atoms with Gasteiger partial charge < -0.3 is 4.74 Å². The zero-order valence-electron chi connectivity index (χ0n) is 5.98. The van der Waals surface area contributed by atoms with E-state index in [-0.39, 0.29) is 0 Å². The first-order chi connectivity index (χ1) is 4.20. The third-order valence-corrected chi connectivity index (χ3v) is 1.36. The summed E-state index contributed by atoms with van der Waals surface area (Å²) < 4.78 is 5.29. The van der Waals surface area contributed by atoms with Crippen LogP contribution in [0.15, 0.2) is 24.2 Å². The van der Waals surface area contributed by atoms with Crippen LogP contribution in [0.4, 0.5) is 0 Å². The van der Waals surface area contributed by atoms with Crippen LogP contribution >= 0.6 is 0 Å². The molecule has 50 valence electrons. The Kier molecular flexibility index (Phi) is 1.60. The smallest absolute Gasteiger partial charge is 0.103 e. The van der Waals surface area contributed by atoms with Gasteiger partial charge in [0.15, 0.2) is 0 Å². The van der Waals surface area contributed by atoms with E-state index in [1.807, 2.05) is 0 Å². The van der Waals surface area contributed by atoms with Crippen LogP contribution in [-0.4, -0.2) is 0 Å². The molecule has 0 aromatic heterocycles. The number of rotatable bonds is 1. The van der Waals surface area contributed by atoms with Crippen LogP contribution in [0.5, 0.6) is 0 Å². The van der Waals surface area contributed by atoms with Gasteiger partial charge in [0, 0.05) is 12.3 Å². The minimum atomic E-state index is 0.504. The minimum Gasteiger partial charge on any atom is -0.466 e. The molecule has 0 aromatic rings. The molecule has 0 N–H and O–H groups in total. The Hall–Kier alpha value is -0.720. The second-order valence-corrected chi connectivity index (χ2v) is 2.61. The van der Waals surface area contributed by atoms with Gasteiger partial charge in [0.1, 0.15) is 11.5 Å². The summed E-state index contributed by atoms with van der Waals surface area (Å²) in [5.74, 6) is 2.45. The van der Waals surface area contributed by atoms with Crippen LogP contribution in [0.3, 0.4) is 0 Å². The van der Waals surface area contributed by atoms with Crippen LogP contribution < -0.4 is 0 Å². The zero-order chi connectivity index (χ0) is 6.85. The summed E-state index contributed by atoms with van der Waals surface area (Å²) in [6.45, 7) is 7.94. The average molecular weight is 124 g/mol. The van der Waals surface area contributed by atoms with Crippen molar-refractivity contribution >= 4 is 0 Å². The molecular formula is C8H12O. The van der Waals surface area contributed by atoms with Crippen molar-refractivity contribution in [3.05, 3.63) is 24.2 Å². The molecule has 0 saturated carbocycles. The highest BCUT2D eigenvalue weighted by Crippen LogP contribution is 2.23. The molecular weight excluding hydrogens is 112 g/mol. The van der Waals surface area contributed by atoms with Gasteiger partial charge in [-0.25, -0.2) is 0 Å². The Balaban J connectivity index is 2.55. The molecule has 0 spiro atoms. The van der Waals surface area contributed by atoms with E-state index in [2.05, 4.69) is 26.5 Å². The molecule has 0 atom stereocenters. The fourth-order valence-electron chi connectivity index (χ4n) is 0.818. The molecule has 1 heterocycles. The summed E-state index contributed by atoms with van der Waals surface area (Å²) in [6, 6.07) is 0. The highest BCUT2D eigenvalue weighted by molar-refractivity contribution is 5.12. The van der Waals surface area contributed by atoms with Crippen molar-refractivity contribution < 1.29 is 4.74 Å². The van der Waals surface area contributed by atoms with Gasteiger partial charge in [-0.15, -0.1) is 0 Å². The van der Waals surface area contributed by atoms with Gasteiger partial charge in [0.25, 0.3) is 0 Å². The molecule has 1 aliphatic rings. The van der Waals surface area contributed by atoms with Gasteiger partial charge in [-0.1, -0.05) is 20.4 Å². The lowest BCUT2D eigenvalue weighted by Gasteiger charge is -2.05. The Morgan fingerprint density at radius 1 is 1.67 bits per heavy atom. The number of hydrogen-bond donors (Lipinski definition) is 0. The first-order valence-electron chi connectivity index (χ1n) is 3.26. The van der Waals surface area contributed by atoms with Crippen molar-refractivity contribution in [1.29, 1.82) is 0 Å². The van der Waals surface area contributed by atoms with Gasteiger partial charge in [0.05, 0.1) is 0 Å². The van der Waals surface area contributed by atoms with E-state index in [1.165, 1.54) is 0 Å². The van der Waals surface area contributed by atoms with E-state index in [1.54, 1.807) is 0 Å². The molecule has 9 heavy (non-hydrogen) atoms. The summed E-state index contributed by atoms with van der Waals surface area (Å²) in [7, 11) is 0. The zero-order valence-corrected chi connectivity index (χ0v) is 5.98. The van der Waals surface area contributed by atoms with Crippen LogP contribution in [0, 0.1) is 5.92 Å². The normalized spacial score (nSPS) is 18.1. The SMILES string of the molecule is C=C1CC=C(C(C)C)O1. The molecule has 0 aromatic carbocycles. The van der Waals surface area contributed by atoms with Crippen LogP contribution in [-0.2, 0) is 4.74 Å². The van der Waals surface area contributed by atoms with Crippen LogP contribution in [0.25, 0.3) is 0 Å². The van der Waals surface area contributed by atoms with Gasteiger partial charge in [-0.05, 0) is 6.08 Å². The Bertz CT molecular complexity index is 154. The maximum atomic E-state index is 5.29. The largest absolute Gasteiger partial charge is 0.466 e. The summed E-state index contributed by atoms with van der Waals surface area (Å²) in [5, 5.41) is 0. The molecule has 1 nitrogen and oxygen atoms in total. The fraction of sp³-hybridized carbons (Fsp3) is 0.500. The Morgan fingerprint density at radius 3 is 2.56 bits per heavy atom. The molecule has 0 aliphatic carbocycles. The highest BCUT2D eigenvalue weighted by Gasteiger charge is 2.11. The quantitative estimate of drug-likeness (QED) is 0.521. The van der Waals surface area contributed by atoms with Gasteiger partial charge in [0.2, 0.25) is 0 Å². The monoisotopic (exact) mass is 124 g/mol. The highest BCUT2D eigenvalue weighted by atomic mass is 16.5. The first-order valence-corrected chi connectivity index (χ1v) is 3.26. The Labute approximate surface area is 56.0 Å². The van der Waals surface area contributed by atoms with Crippen LogP contribution in [0.1, 0.15) is 20.3 Å². The first kappa shape index (κ1) is 6.40. The third kappa shape index (κ3) is 1.35. The number of ether oxygens (including phenoxy) is 1. The number of allylic oxidation sites excluding steroid dienone is 2. The molecule has 1 aliphatic heterocycles. The molecule has 0 amide bonds. The lowest BCUT2D eigenvalue weighted by atomic mass is 10.2. The van der Waals surface area contributed by atoms with E-state index in [9.17, 15) is 0 Å². The molecule has 0 unspecified atom stereocenters. The van der Waals surface area contributed by atoms with E-state index in [0.717, 1.165) is 17.9 Å². The average Bonchev–Trinajstić information content (AvgIpc) is 2.14. The molecule has 1 rings (SSSR count). The predicted molar refractivity (Wildman–Crippen MR) is 37.8 cm³/mol. The van der Waals surface area contributed by atoms with E-state index >= 15 is 0 Å². The summed E-state index contributed by atoms with van der Waals surface area (Å²) in [6.07, 6.45) is 2.99. The van der Waals surface area contributed by atoms with E-state index in [0.29, 0.717) is 5.92 Å². The lowest BCUT2D eigenvalue weighted by molar-refractivity contribution is 0.286. The topological polar surface area (TPSA) is 9.23 Å². The van der Waals surface area contributed by atoms with Crippen molar-refractivity contribution in [2.75, 3.05) is 0 Å². The summed E-state index contributed by atoms with van der Waals surface area (Å²) in [4.78, 5) is 0. The minimum absolute atomic E-state index is 0.504. The van der Waals surface area contributed by atoms with E-state index in [4.69, 9.17) is 4.74 Å². The van der Waals surface area contributed by atoms with Crippen molar-refractivity contribution in [2.45, 2.75) is 20.3 Å². The van der Waals surface area contributed by atoms with Crippen molar-refractivity contribution in [1.82, 2.24) is 0 Å². The molecule has 0 bridgehead atoms. The predicted octanol–water partition coefficient (Wildman–Crippen LogP) is 2.46. The third-order valence-electron chi connectivity index (χ3n) is 1.36. The second-order valence-electron chi connectivity index (χ2n) is 2.61. The van der Waals surface area contributed by atoms with Crippen molar-refractivity contribution in [3.8, 4) is 0 Å².